The van der Waals surface area contributed by atoms with Gasteiger partial charge in [0, 0.05) is 6.42 Å². The fourth-order valence-corrected chi connectivity index (χ4v) is 3.36. The van der Waals surface area contributed by atoms with Crippen LogP contribution in [0.15, 0.2) is 0 Å². The highest BCUT2D eigenvalue weighted by Crippen LogP contribution is 2.31. The van der Waals surface area contributed by atoms with Gasteiger partial charge in [0.05, 0.1) is 31.0 Å². The van der Waals surface area contributed by atoms with Crippen molar-refractivity contribution in [3.05, 3.63) is 0 Å². The highest BCUT2D eigenvalue weighted by Gasteiger charge is 2.36. The van der Waals surface area contributed by atoms with E-state index in [4.69, 9.17) is 14.6 Å². The number of hydrogen-bond donors (Lipinski definition) is 1. The van der Waals surface area contributed by atoms with E-state index >= 15 is 0 Å². The second-order valence-electron chi connectivity index (χ2n) is 6.69. The molecule has 2 aliphatic rings. The zero-order chi connectivity index (χ0) is 13.9. The molecule has 2 saturated heterocycles. The van der Waals surface area contributed by atoms with Crippen molar-refractivity contribution in [1.82, 2.24) is 0 Å². The maximum atomic E-state index is 9.09. The van der Waals surface area contributed by atoms with Gasteiger partial charge in [-0.1, -0.05) is 19.6 Å². The Bertz CT molecular complexity index is 353. The number of aliphatic hydroxyl groups is 1. The average Bonchev–Trinajstić information content (AvgIpc) is 2.94. The third-order valence-corrected chi connectivity index (χ3v) is 4.62. The first-order valence-corrected chi connectivity index (χ1v) is 10.9. The van der Waals surface area contributed by atoms with E-state index in [1.165, 1.54) is 0 Å². The summed E-state index contributed by atoms with van der Waals surface area (Å²) < 4.78 is 11.9. The van der Waals surface area contributed by atoms with Gasteiger partial charge in [0.1, 0.15) is 8.07 Å². The van der Waals surface area contributed by atoms with Crippen LogP contribution in [0.3, 0.4) is 0 Å². The molecule has 2 heterocycles. The van der Waals surface area contributed by atoms with Crippen molar-refractivity contribution in [1.29, 1.82) is 0 Å². The van der Waals surface area contributed by atoms with Crippen molar-refractivity contribution >= 4 is 8.07 Å². The SMILES string of the molecule is C[Si](C)(C)C#CCC1CCC(C2CCC(CO)O2)O1. The molecule has 0 spiro atoms. The van der Waals surface area contributed by atoms with Crippen molar-refractivity contribution in [3.63, 3.8) is 0 Å². The fraction of sp³-hybridized carbons (Fsp3) is 0.867. The van der Waals surface area contributed by atoms with E-state index in [2.05, 4.69) is 31.1 Å². The van der Waals surface area contributed by atoms with Crippen LogP contribution in [0, 0.1) is 11.5 Å². The summed E-state index contributed by atoms with van der Waals surface area (Å²) in [5, 5.41) is 9.09. The standard InChI is InChI=1S/C15H26O3Si/c1-19(2,3)10-4-5-12-6-8-14(17-12)15-9-7-13(11-16)18-15/h12-16H,5-9,11H2,1-3H3. The minimum Gasteiger partial charge on any atom is -0.394 e. The molecule has 0 bridgehead atoms. The Morgan fingerprint density at radius 1 is 1.00 bits per heavy atom. The molecule has 4 atom stereocenters. The Labute approximate surface area is 117 Å². The van der Waals surface area contributed by atoms with Gasteiger partial charge in [-0.3, -0.25) is 0 Å². The van der Waals surface area contributed by atoms with E-state index in [0.717, 1.165) is 32.1 Å². The summed E-state index contributed by atoms with van der Waals surface area (Å²) in [7, 11) is -1.25. The van der Waals surface area contributed by atoms with Crippen molar-refractivity contribution in [3.8, 4) is 11.5 Å². The number of hydrogen-bond acceptors (Lipinski definition) is 3. The molecule has 108 valence electrons. The first-order chi connectivity index (χ1) is 8.98. The lowest BCUT2D eigenvalue weighted by Gasteiger charge is -2.19. The lowest BCUT2D eigenvalue weighted by atomic mass is 10.1. The molecule has 0 saturated carbocycles. The predicted octanol–water partition coefficient (Wildman–Crippen LogP) is 2.34. The van der Waals surface area contributed by atoms with Crippen LogP contribution in [0.1, 0.15) is 32.1 Å². The van der Waals surface area contributed by atoms with Crippen LogP contribution in [0.2, 0.25) is 19.6 Å². The summed E-state index contributed by atoms with van der Waals surface area (Å²) in [6.45, 7) is 6.92. The van der Waals surface area contributed by atoms with E-state index < -0.39 is 8.07 Å². The molecule has 0 aromatic rings. The molecule has 0 aromatic carbocycles. The van der Waals surface area contributed by atoms with Gasteiger partial charge in [-0.15, -0.1) is 11.5 Å². The molecule has 4 unspecified atom stereocenters. The van der Waals surface area contributed by atoms with Gasteiger partial charge in [0.25, 0.3) is 0 Å². The first-order valence-electron chi connectivity index (χ1n) is 7.40. The van der Waals surface area contributed by atoms with Gasteiger partial charge in [-0.25, -0.2) is 0 Å². The van der Waals surface area contributed by atoms with Crippen molar-refractivity contribution in [2.45, 2.75) is 76.2 Å². The van der Waals surface area contributed by atoms with E-state index in [-0.39, 0.29) is 31.0 Å². The zero-order valence-corrected chi connectivity index (χ0v) is 13.3. The highest BCUT2D eigenvalue weighted by molar-refractivity contribution is 6.83. The quantitative estimate of drug-likeness (QED) is 0.638. The summed E-state index contributed by atoms with van der Waals surface area (Å²) >= 11 is 0. The molecular formula is C15H26O3Si. The Morgan fingerprint density at radius 2 is 1.58 bits per heavy atom. The number of rotatable bonds is 3. The molecule has 0 aromatic heterocycles. The normalized spacial score (nSPS) is 35.2. The molecule has 3 nitrogen and oxygen atoms in total. The molecule has 1 N–H and O–H groups in total. The number of aliphatic hydroxyl groups excluding tert-OH is 1. The number of ether oxygens (including phenoxy) is 2. The molecule has 2 aliphatic heterocycles. The highest BCUT2D eigenvalue weighted by atomic mass is 28.3. The van der Waals surface area contributed by atoms with Crippen molar-refractivity contribution < 1.29 is 14.6 Å². The van der Waals surface area contributed by atoms with Crippen molar-refractivity contribution in [2.24, 2.45) is 0 Å². The van der Waals surface area contributed by atoms with Gasteiger partial charge >= 0.3 is 0 Å². The van der Waals surface area contributed by atoms with E-state index in [9.17, 15) is 0 Å². The third kappa shape index (κ3) is 4.61. The summed E-state index contributed by atoms with van der Waals surface area (Å²) in [6, 6.07) is 0. The molecule has 0 aliphatic carbocycles. The van der Waals surface area contributed by atoms with Gasteiger partial charge in [-0.2, -0.15) is 0 Å². The van der Waals surface area contributed by atoms with Gasteiger partial charge in [-0.05, 0) is 25.7 Å². The Morgan fingerprint density at radius 3 is 2.11 bits per heavy atom. The first kappa shape index (κ1) is 15.1. The summed E-state index contributed by atoms with van der Waals surface area (Å²) in [5.74, 6) is 3.30. The molecular weight excluding hydrogens is 256 g/mol. The van der Waals surface area contributed by atoms with Crippen LogP contribution < -0.4 is 0 Å². The van der Waals surface area contributed by atoms with E-state index in [1.807, 2.05) is 0 Å². The third-order valence-electron chi connectivity index (χ3n) is 3.69. The van der Waals surface area contributed by atoms with E-state index in [1.54, 1.807) is 0 Å². The Hall–Kier alpha value is -0.343. The van der Waals surface area contributed by atoms with Crippen LogP contribution >= 0.6 is 0 Å². The molecule has 2 fully saturated rings. The lowest BCUT2D eigenvalue weighted by Crippen LogP contribution is -2.27. The molecule has 4 heteroatoms. The van der Waals surface area contributed by atoms with Crippen LogP contribution in [0.4, 0.5) is 0 Å². The zero-order valence-electron chi connectivity index (χ0n) is 12.3. The van der Waals surface area contributed by atoms with Gasteiger partial charge in [0.15, 0.2) is 0 Å². The van der Waals surface area contributed by atoms with Gasteiger partial charge < -0.3 is 14.6 Å². The Kier molecular flexibility index (Phi) is 5.07. The molecule has 2 rings (SSSR count). The van der Waals surface area contributed by atoms with Crippen molar-refractivity contribution in [2.75, 3.05) is 6.61 Å². The Balaban J connectivity index is 1.75. The second-order valence-corrected chi connectivity index (χ2v) is 11.4. The largest absolute Gasteiger partial charge is 0.394 e. The summed E-state index contributed by atoms with van der Waals surface area (Å²) in [5.41, 5.74) is 3.39. The average molecular weight is 282 g/mol. The second kappa shape index (κ2) is 6.40. The van der Waals surface area contributed by atoms with Crippen LogP contribution in [0.5, 0.6) is 0 Å². The minimum absolute atomic E-state index is 0.0272. The maximum absolute atomic E-state index is 9.09. The smallest absolute Gasteiger partial charge is 0.129 e. The van der Waals surface area contributed by atoms with Gasteiger partial charge in [0.2, 0.25) is 0 Å². The molecule has 19 heavy (non-hydrogen) atoms. The predicted molar refractivity (Wildman–Crippen MR) is 78.6 cm³/mol. The van der Waals surface area contributed by atoms with Crippen LogP contribution in [0.25, 0.3) is 0 Å². The topological polar surface area (TPSA) is 38.7 Å². The minimum atomic E-state index is -1.25. The summed E-state index contributed by atoms with van der Waals surface area (Å²) in [4.78, 5) is 0. The monoisotopic (exact) mass is 282 g/mol. The molecule has 0 radical (unpaired) electrons. The lowest BCUT2D eigenvalue weighted by molar-refractivity contribution is -0.0729. The van der Waals surface area contributed by atoms with Crippen LogP contribution in [-0.2, 0) is 9.47 Å². The van der Waals surface area contributed by atoms with E-state index in [0.29, 0.717) is 0 Å². The maximum Gasteiger partial charge on any atom is 0.129 e. The summed E-state index contributed by atoms with van der Waals surface area (Å²) in [6.07, 6.45) is 5.71. The fourth-order valence-electron chi connectivity index (χ4n) is 2.73. The van der Waals surface area contributed by atoms with Crippen LogP contribution in [-0.4, -0.2) is 44.2 Å². The molecule has 0 amide bonds.